The van der Waals surface area contributed by atoms with Crippen molar-refractivity contribution in [3.8, 4) is 11.3 Å². The van der Waals surface area contributed by atoms with E-state index in [4.69, 9.17) is 19.5 Å². The Morgan fingerprint density at radius 1 is 1.30 bits per heavy atom. The van der Waals surface area contributed by atoms with E-state index in [1.807, 2.05) is 31.4 Å². The van der Waals surface area contributed by atoms with Gasteiger partial charge in [0.2, 0.25) is 0 Å². The maximum atomic E-state index is 15.2. The van der Waals surface area contributed by atoms with Crippen molar-refractivity contribution < 1.29 is 28.2 Å². The minimum Gasteiger partial charge on any atom is -0.464 e. The number of aryl methyl sites for hydroxylation is 1. The number of aliphatic imine (C=N–C) groups is 1. The molecule has 2 amide bonds. The number of carbonyl (C=O) groups excluding carboxylic acids is 3. The zero-order valence-corrected chi connectivity index (χ0v) is 32.4. The monoisotopic (exact) mass is 746 g/mol. The molecule has 0 radical (unpaired) electrons. The normalized spacial score (nSPS) is 22.8. The summed E-state index contributed by atoms with van der Waals surface area (Å²) >= 11 is 1.39. The fourth-order valence-electron chi connectivity index (χ4n) is 7.48. The van der Waals surface area contributed by atoms with Gasteiger partial charge in [0, 0.05) is 65.7 Å². The van der Waals surface area contributed by atoms with Crippen molar-refractivity contribution in [1.29, 1.82) is 0 Å². The molecule has 11 nitrogen and oxygen atoms in total. The quantitative estimate of drug-likeness (QED) is 0.156. The lowest BCUT2D eigenvalue weighted by atomic mass is 9.81. The van der Waals surface area contributed by atoms with E-state index in [-0.39, 0.29) is 32.0 Å². The van der Waals surface area contributed by atoms with E-state index in [1.165, 1.54) is 16.3 Å². The van der Waals surface area contributed by atoms with Gasteiger partial charge in [-0.05, 0) is 77.0 Å². The number of rotatable bonds is 8. The minimum absolute atomic E-state index is 0.0720. The number of fused-ring (bicyclic) bond motifs is 6. The molecule has 6 rings (SSSR count). The van der Waals surface area contributed by atoms with Crippen LogP contribution in [0.4, 0.5) is 4.39 Å². The third kappa shape index (κ3) is 7.74. The Bertz CT molecular complexity index is 1960. The first-order chi connectivity index (χ1) is 25.3. The average Bonchev–Trinajstić information content (AvgIpc) is 3.73. The number of ether oxygens (including phenoxy) is 2. The zero-order chi connectivity index (χ0) is 38.1. The molecule has 4 heterocycles. The molecule has 1 saturated heterocycles. The molecule has 0 spiro atoms. The van der Waals surface area contributed by atoms with Crippen molar-refractivity contribution >= 4 is 51.8 Å². The number of thiazole rings is 1. The SMILES string of the molecule is C=C/C(=C(\N=CC)[C@H](C)OC)c1c2c3cc(ccc3n1CC)-c1csc(n1)C[C@H](NC(=O)C1(F)CCC1)C(=O)N1CCC[C@H](N1)C(=O)OCC(C)(C)C2. The topological polar surface area (TPSA) is 127 Å². The molecule has 3 aromatic rings. The number of allylic oxidation sites excluding steroid dienone is 2. The minimum atomic E-state index is -1.98. The van der Waals surface area contributed by atoms with E-state index in [0.29, 0.717) is 43.8 Å². The van der Waals surface area contributed by atoms with E-state index in [1.54, 1.807) is 13.3 Å². The summed E-state index contributed by atoms with van der Waals surface area (Å²) in [5.74, 6) is -1.69. The van der Waals surface area contributed by atoms with Gasteiger partial charge in [0.05, 0.1) is 34.8 Å². The Hall–Kier alpha value is -4.20. The van der Waals surface area contributed by atoms with Crippen LogP contribution in [0.5, 0.6) is 0 Å². The first-order valence-electron chi connectivity index (χ1n) is 18.6. The number of esters is 1. The van der Waals surface area contributed by atoms with Gasteiger partial charge in [-0.1, -0.05) is 32.6 Å². The van der Waals surface area contributed by atoms with Crippen LogP contribution in [0, 0.1) is 5.41 Å². The maximum absolute atomic E-state index is 15.2. The Morgan fingerprint density at radius 2 is 2.08 bits per heavy atom. The van der Waals surface area contributed by atoms with Gasteiger partial charge in [0.25, 0.3) is 11.8 Å². The first-order valence-corrected chi connectivity index (χ1v) is 19.4. The highest BCUT2D eigenvalue weighted by Gasteiger charge is 2.46. The molecule has 2 fully saturated rings. The summed E-state index contributed by atoms with van der Waals surface area (Å²) in [6.07, 6.45) is 5.83. The summed E-state index contributed by atoms with van der Waals surface area (Å²) in [7, 11) is 1.66. The Kier molecular flexibility index (Phi) is 11.4. The number of hydrazine groups is 1. The van der Waals surface area contributed by atoms with Crippen molar-refractivity contribution in [2.75, 3.05) is 20.3 Å². The summed E-state index contributed by atoms with van der Waals surface area (Å²) < 4.78 is 29.3. The van der Waals surface area contributed by atoms with Gasteiger partial charge in [-0.25, -0.2) is 14.8 Å². The number of nitrogens with zero attached hydrogens (tertiary/aromatic N) is 4. The highest BCUT2D eigenvalue weighted by molar-refractivity contribution is 7.10. The van der Waals surface area contributed by atoms with Crippen LogP contribution in [0.25, 0.3) is 27.7 Å². The van der Waals surface area contributed by atoms with Crippen LogP contribution in [-0.4, -0.2) is 82.7 Å². The number of amides is 2. The smallest absolute Gasteiger partial charge is 0.324 e. The highest BCUT2D eigenvalue weighted by Crippen LogP contribution is 2.40. The molecule has 6 bridgehead atoms. The third-order valence-corrected chi connectivity index (χ3v) is 11.5. The van der Waals surface area contributed by atoms with Crippen LogP contribution in [0.15, 0.2) is 46.9 Å². The number of aromatic nitrogens is 2. The third-order valence-electron chi connectivity index (χ3n) is 10.6. The lowest BCUT2D eigenvalue weighted by Gasteiger charge is -2.37. The van der Waals surface area contributed by atoms with Crippen LogP contribution in [0.2, 0.25) is 0 Å². The van der Waals surface area contributed by atoms with Crippen molar-refractivity contribution in [3.05, 3.63) is 58.2 Å². The number of hydrogen-bond donors (Lipinski definition) is 2. The molecule has 1 aliphatic carbocycles. The fourth-order valence-corrected chi connectivity index (χ4v) is 8.33. The molecular formula is C40H51FN6O5S. The van der Waals surface area contributed by atoms with Gasteiger partial charge in [-0.15, -0.1) is 11.3 Å². The van der Waals surface area contributed by atoms with Gasteiger partial charge in [0.15, 0.2) is 5.67 Å². The van der Waals surface area contributed by atoms with Crippen LogP contribution >= 0.6 is 11.3 Å². The van der Waals surface area contributed by atoms with Crippen molar-refractivity contribution in [2.24, 2.45) is 10.4 Å². The molecule has 3 aliphatic rings. The van der Waals surface area contributed by atoms with Gasteiger partial charge < -0.3 is 19.4 Å². The number of benzene rings is 1. The molecule has 53 heavy (non-hydrogen) atoms. The molecule has 2 aliphatic heterocycles. The number of nitrogens with one attached hydrogen (secondary N) is 2. The predicted octanol–water partition coefficient (Wildman–Crippen LogP) is 6.35. The summed E-state index contributed by atoms with van der Waals surface area (Å²) in [6, 6.07) is 4.44. The van der Waals surface area contributed by atoms with Crippen LogP contribution in [0.1, 0.15) is 83.0 Å². The van der Waals surface area contributed by atoms with Crippen molar-refractivity contribution in [3.63, 3.8) is 0 Å². The molecule has 2 aromatic heterocycles. The highest BCUT2D eigenvalue weighted by atomic mass is 32.1. The number of cyclic esters (lactones) is 1. The average molecular weight is 747 g/mol. The maximum Gasteiger partial charge on any atom is 0.324 e. The van der Waals surface area contributed by atoms with Crippen molar-refractivity contribution in [2.45, 2.75) is 110 Å². The summed E-state index contributed by atoms with van der Waals surface area (Å²) in [6.45, 7) is 15.5. The first kappa shape index (κ1) is 38.5. The fraction of sp³-hybridized carbons (Fsp3) is 0.525. The second-order valence-electron chi connectivity index (χ2n) is 15.0. The lowest BCUT2D eigenvalue weighted by molar-refractivity contribution is -0.156. The van der Waals surface area contributed by atoms with Gasteiger partial charge in [-0.3, -0.25) is 24.4 Å². The van der Waals surface area contributed by atoms with Gasteiger partial charge in [0.1, 0.15) is 12.1 Å². The van der Waals surface area contributed by atoms with Gasteiger partial charge >= 0.3 is 5.97 Å². The number of carbonyl (C=O) groups is 3. The number of halogens is 1. The van der Waals surface area contributed by atoms with E-state index in [2.05, 4.69) is 54.8 Å². The zero-order valence-electron chi connectivity index (χ0n) is 31.6. The van der Waals surface area contributed by atoms with E-state index in [9.17, 15) is 14.4 Å². The largest absolute Gasteiger partial charge is 0.464 e. The number of methoxy groups -OCH3 is 1. The summed E-state index contributed by atoms with van der Waals surface area (Å²) in [4.78, 5) is 50.4. The van der Waals surface area contributed by atoms with Crippen LogP contribution in [0.3, 0.4) is 0 Å². The number of hydrogen-bond acceptors (Lipinski definition) is 9. The van der Waals surface area contributed by atoms with E-state index >= 15 is 4.39 Å². The molecule has 1 aromatic carbocycles. The second kappa shape index (κ2) is 15.6. The Morgan fingerprint density at radius 3 is 2.74 bits per heavy atom. The molecule has 3 atom stereocenters. The second-order valence-corrected chi connectivity index (χ2v) is 16.0. The summed E-state index contributed by atoms with van der Waals surface area (Å²) in [5, 5.41) is 7.67. The van der Waals surface area contributed by atoms with Crippen molar-refractivity contribution in [1.82, 2.24) is 25.3 Å². The lowest BCUT2D eigenvalue weighted by Crippen LogP contribution is -2.62. The van der Waals surface area contributed by atoms with E-state index < -0.39 is 41.0 Å². The van der Waals surface area contributed by atoms with Crippen LogP contribution in [-0.2, 0) is 43.2 Å². The predicted molar refractivity (Wildman–Crippen MR) is 206 cm³/mol. The molecule has 284 valence electrons. The summed E-state index contributed by atoms with van der Waals surface area (Å²) in [5.41, 5.74) is 6.87. The van der Waals surface area contributed by atoms with E-state index in [0.717, 1.165) is 44.7 Å². The standard InChI is InChI=1S/C40H51FN6O5S/c1-8-26(34(42-9-2)24(4)51-7)35-28-21-39(5,6)23-52-37(49)29-13-11-18-47(45-29)36(48)30(44-38(50)40(41)16-12-17-40)20-33-43-31(22-53-33)25-14-15-32(27(28)19-25)46(35)10-3/h8-9,14-15,19,22,24,29-30,45H,1,10-13,16-18,20-21,23H2,2-7H3,(H,44,50)/b34-26+,42-9?/t24-,29-,30-/m0/s1. The Balaban J connectivity index is 1.51. The molecule has 1 saturated carbocycles. The molecule has 0 unspecified atom stereocenters. The molecular weight excluding hydrogens is 696 g/mol. The number of alkyl halides is 1. The Labute approximate surface area is 314 Å². The molecule has 13 heteroatoms. The van der Waals surface area contributed by atoms with Gasteiger partial charge in [-0.2, -0.15) is 0 Å². The molecule has 2 N–H and O–H groups in total. The van der Waals surface area contributed by atoms with Crippen LogP contribution < -0.4 is 10.7 Å².